The van der Waals surface area contributed by atoms with Gasteiger partial charge in [0, 0.05) is 3.57 Å². The average molecular weight is 251 g/mol. The summed E-state index contributed by atoms with van der Waals surface area (Å²) in [5.41, 5.74) is 6.51. The Hall–Kier alpha value is -0.320. The van der Waals surface area contributed by atoms with Crippen molar-refractivity contribution in [2.75, 3.05) is 5.73 Å². The number of rotatable bonds is 0. The van der Waals surface area contributed by atoms with E-state index >= 15 is 0 Å². The van der Waals surface area contributed by atoms with Gasteiger partial charge >= 0.3 is 0 Å². The summed E-state index contributed by atoms with van der Waals surface area (Å²) in [6.45, 7) is 1.84. The molecule has 0 saturated heterocycles. The maximum Gasteiger partial charge on any atom is 0.147 e. The minimum atomic E-state index is -0.329. The third-order valence-corrected chi connectivity index (χ3v) is 2.12. The summed E-state index contributed by atoms with van der Waals surface area (Å²) in [7, 11) is 0. The standard InChI is InChI=1S/C7H7FIN/c1-4-2-5(8)7(10)6(9)3-4/h2-3H,10H2,1H3. The zero-order valence-electron chi connectivity index (χ0n) is 5.49. The van der Waals surface area contributed by atoms with E-state index in [0.717, 1.165) is 9.13 Å². The van der Waals surface area contributed by atoms with E-state index in [1.807, 2.05) is 35.6 Å². The summed E-state index contributed by atoms with van der Waals surface area (Å²) in [6.07, 6.45) is 0. The van der Waals surface area contributed by atoms with Gasteiger partial charge in [-0.05, 0) is 47.2 Å². The topological polar surface area (TPSA) is 26.0 Å². The molecule has 0 atom stereocenters. The minimum absolute atomic E-state index is 0.242. The molecule has 1 rings (SSSR count). The third kappa shape index (κ3) is 1.39. The molecule has 1 aromatic rings. The second kappa shape index (κ2) is 2.74. The van der Waals surface area contributed by atoms with Crippen LogP contribution in [0.4, 0.5) is 10.1 Å². The van der Waals surface area contributed by atoms with Gasteiger partial charge < -0.3 is 5.73 Å². The number of benzene rings is 1. The molecule has 1 nitrogen and oxygen atoms in total. The van der Waals surface area contributed by atoms with E-state index in [-0.39, 0.29) is 11.5 Å². The van der Waals surface area contributed by atoms with Crippen molar-refractivity contribution in [3.8, 4) is 0 Å². The van der Waals surface area contributed by atoms with Crippen LogP contribution >= 0.6 is 22.6 Å². The van der Waals surface area contributed by atoms with Gasteiger partial charge in [0.1, 0.15) is 5.82 Å². The summed E-state index contributed by atoms with van der Waals surface area (Å²) < 4.78 is 13.5. The molecule has 54 valence electrons. The first-order valence-corrected chi connectivity index (χ1v) is 3.90. The molecule has 2 N–H and O–H groups in total. The largest absolute Gasteiger partial charge is 0.395 e. The van der Waals surface area contributed by atoms with Crippen molar-refractivity contribution in [3.63, 3.8) is 0 Å². The van der Waals surface area contributed by atoms with E-state index in [2.05, 4.69) is 0 Å². The second-order valence-corrected chi connectivity index (χ2v) is 3.30. The Morgan fingerprint density at radius 1 is 1.50 bits per heavy atom. The van der Waals surface area contributed by atoms with Crippen LogP contribution in [0.15, 0.2) is 12.1 Å². The lowest BCUT2D eigenvalue weighted by Crippen LogP contribution is -1.94. The third-order valence-electron chi connectivity index (χ3n) is 1.22. The smallest absolute Gasteiger partial charge is 0.147 e. The van der Waals surface area contributed by atoms with Crippen LogP contribution in [0, 0.1) is 16.3 Å². The van der Waals surface area contributed by atoms with Gasteiger partial charge in [-0.2, -0.15) is 0 Å². The fraction of sp³-hybridized carbons (Fsp3) is 0.143. The number of halogens is 2. The number of nitrogen functional groups attached to an aromatic ring is 1. The van der Waals surface area contributed by atoms with E-state index in [4.69, 9.17) is 5.73 Å². The first kappa shape index (κ1) is 7.78. The van der Waals surface area contributed by atoms with Crippen molar-refractivity contribution in [3.05, 3.63) is 27.1 Å². The fourth-order valence-electron chi connectivity index (χ4n) is 0.711. The number of aryl methyl sites for hydroxylation is 1. The van der Waals surface area contributed by atoms with Gasteiger partial charge in [-0.1, -0.05) is 0 Å². The van der Waals surface area contributed by atoms with Gasteiger partial charge in [0.15, 0.2) is 0 Å². The highest BCUT2D eigenvalue weighted by atomic mass is 127. The van der Waals surface area contributed by atoms with Crippen LogP contribution in [0.1, 0.15) is 5.56 Å². The van der Waals surface area contributed by atoms with Crippen molar-refractivity contribution < 1.29 is 4.39 Å². The maximum absolute atomic E-state index is 12.7. The van der Waals surface area contributed by atoms with Gasteiger partial charge in [-0.15, -0.1) is 0 Å². The number of anilines is 1. The van der Waals surface area contributed by atoms with E-state index in [1.165, 1.54) is 6.07 Å². The Balaban J connectivity index is 3.31. The van der Waals surface area contributed by atoms with Gasteiger partial charge in [0.05, 0.1) is 5.69 Å². The molecule has 0 amide bonds. The number of nitrogens with two attached hydrogens (primary N) is 1. The van der Waals surface area contributed by atoms with Crippen molar-refractivity contribution in [2.24, 2.45) is 0 Å². The maximum atomic E-state index is 12.7. The molecule has 3 heteroatoms. The van der Waals surface area contributed by atoms with Crippen LogP contribution < -0.4 is 5.73 Å². The normalized spacial score (nSPS) is 9.90. The molecule has 0 aliphatic heterocycles. The number of hydrogen-bond donors (Lipinski definition) is 1. The fourth-order valence-corrected chi connectivity index (χ4v) is 1.46. The summed E-state index contributed by atoms with van der Waals surface area (Å²) in [4.78, 5) is 0. The Morgan fingerprint density at radius 2 is 2.10 bits per heavy atom. The predicted molar refractivity (Wildman–Crippen MR) is 48.3 cm³/mol. The molecule has 1 aromatic carbocycles. The molecule has 0 saturated carbocycles. The first-order chi connectivity index (χ1) is 4.61. The lowest BCUT2D eigenvalue weighted by atomic mass is 10.2. The van der Waals surface area contributed by atoms with Crippen molar-refractivity contribution in [1.29, 1.82) is 0 Å². The van der Waals surface area contributed by atoms with Gasteiger partial charge in [0.25, 0.3) is 0 Å². The molecule has 0 heterocycles. The summed E-state index contributed by atoms with van der Waals surface area (Å²) in [5, 5.41) is 0. The minimum Gasteiger partial charge on any atom is -0.395 e. The Labute approximate surface area is 72.6 Å². The quantitative estimate of drug-likeness (QED) is 0.555. The molecule has 0 aromatic heterocycles. The van der Waals surface area contributed by atoms with E-state index in [0.29, 0.717) is 0 Å². The molecule has 0 spiro atoms. The van der Waals surface area contributed by atoms with Crippen molar-refractivity contribution in [1.82, 2.24) is 0 Å². The highest BCUT2D eigenvalue weighted by molar-refractivity contribution is 14.1. The highest BCUT2D eigenvalue weighted by Gasteiger charge is 2.01. The molecule has 0 unspecified atom stereocenters. The van der Waals surface area contributed by atoms with Gasteiger partial charge in [-0.3, -0.25) is 0 Å². The summed E-state index contributed by atoms with van der Waals surface area (Å²) in [6, 6.07) is 3.27. The van der Waals surface area contributed by atoms with Crippen LogP contribution in [0.5, 0.6) is 0 Å². The lowest BCUT2D eigenvalue weighted by Gasteiger charge is -2.00. The van der Waals surface area contributed by atoms with Crippen molar-refractivity contribution >= 4 is 28.3 Å². The second-order valence-electron chi connectivity index (χ2n) is 2.14. The Kier molecular flexibility index (Phi) is 2.13. The first-order valence-electron chi connectivity index (χ1n) is 2.82. The molecule has 0 radical (unpaired) electrons. The zero-order valence-corrected chi connectivity index (χ0v) is 7.65. The number of hydrogen-bond acceptors (Lipinski definition) is 1. The van der Waals surface area contributed by atoms with Gasteiger partial charge in [-0.25, -0.2) is 4.39 Å². The molecule has 10 heavy (non-hydrogen) atoms. The predicted octanol–water partition coefficient (Wildman–Crippen LogP) is 2.32. The Bertz CT molecular complexity index is 237. The van der Waals surface area contributed by atoms with Crippen molar-refractivity contribution in [2.45, 2.75) is 6.92 Å². The lowest BCUT2D eigenvalue weighted by molar-refractivity contribution is 0.630. The van der Waals surface area contributed by atoms with E-state index in [9.17, 15) is 4.39 Å². The molecular weight excluding hydrogens is 244 g/mol. The molecule has 0 aliphatic rings. The molecular formula is C7H7FIN. The monoisotopic (exact) mass is 251 g/mol. The van der Waals surface area contributed by atoms with E-state index in [1.54, 1.807) is 0 Å². The highest BCUT2D eigenvalue weighted by Crippen LogP contribution is 2.19. The van der Waals surface area contributed by atoms with Crippen LogP contribution in [0.25, 0.3) is 0 Å². The zero-order chi connectivity index (χ0) is 7.72. The molecule has 0 fully saturated rings. The SMILES string of the molecule is Cc1cc(F)c(N)c(I)c1. The van der Waals surface area contributed by atoms with Crippen LogP contribution in [-0.2, 0) is 0 Å². The summed E-state index contributed by atoms with van der Waals surface area (Å²) >= 11 is 2.01. The van der Waals surface area contributed by atoms with E-state index < -0.39 is 0 Å². The van der Waals surface area contributed by atoms with Crippen LogP contribution in [-0.4, -0.2) is 0 Å². The molecule has 0 aliphatic carbocycles. The van der Waals surface area contributed by atoms with Gasteiger partial charge in [0.2, 0.25) is 0 Å². The Morgan fingerprint density at radius 3 is 2.60 bits per heavy atom. The average Bonchev–Trinajstić information content (AvgIpc) is 1.82. The summed E-state index contributed by atoms with van der Waals surface area (Å²) in [5.74, 6) is -0.329. The van der Waals surface area contributed by atoms with Crippen LogP contribution in [0.3, 0.4) is 0 Å². The molecule has 0 bridgehead atoms. The van der Waals surface area contributed by atoms with Crippen LogP contribution in [0.2, 0.25) is 0 Å².